The summed E-state index contributed by atoms with van der Waals surface area (Å²) in [6.45, 7) is 0. The van der Waals surface area contributed by atoms with E-state index in [0.29, 0.717) is 16.9 Å². The van der Waals surface area contributed by atoms with Crippen molar-refractivity contribution in [3.05, 3.63) is 54.1 Å². The number of hydrogen-bond donors (Lipinski definition) is 2. The first kappa shape index (κ1) is 16.8. The fraction of sp³-hybridized carbons (Fsp3) is 0.188. The Bertz CT molecular complexity index is 817. The molecule has 0 radical (unpaired) electrons. The van der Waals surface area contributed by atoms with Crippen LogP contribution in [0.4, 0.5) is 17.1 Å². The number of sulfonamides is 1. The molecule has 7 heteroatoms. The second kappa shape index (κ2) is 6.70. The maximum Gasteiger partial charge on any atom is 0.255 e. The molecule has 2 N–H and O–H groups in total. The van der Waals surface area contributed by atoms with Crippen LogP contribution >= 0.6 is 0 Å². The Hall–Kier alpha value is -2.54. The molecule has 0 unspecified atom stereocenters. The first-order valence-corrected chi connectivity index (χ1v) is 8.80. The maximum atomic E-state index is 12.3. The molecule has 0 heterocycles. The van der Waals surface area contributed by atoms with Crippen molar-refractivity contribution in [1.29, 1.82) is 0 Å². The van der Waals surface area contributed by atoms with E-state index in [1.165, 1.54) is 0 Å². The molecule has 23 heavy (non-hydrogen) atoms. The zero-order valence-electron chi connectivity index (χ0n) is 13.2. The molecule has 0 aliphatic rings. The third-order valence-electron chi connectivity index (χ3n) is 3.05. The van der Waals surface area contributed by atoms with E-state index in [9.17, 15) is 13.2 Å². The van der Waals surface area contributed by atoms with Crippen LogP contribution in [0.15, 0.2) is 48.5 Å². The third kappa shape index (κ3) is 5.00. The van der Waals surface area contributed by atoms with Crippen molar-refractivity contribution >= 4 is 33.0 Å². The molecule has 0 spiro atoms. The molecule has 0 aliphatic heterocycles. The zero-order valence-corrected chi connectivity index (χ0v) is 14.0. The zero-order chi connectivity index (χ0) is 17.0. The number of carbonyl (C=O) groups is 1. The molecule has 2 aromatic rings. The SMILES string of the molecule is CN(C)c1cccc(C(=O)Nc2cccc(NS(C)(=O)=O)c2)c1. The van der Waals surface area contributed by atoms with Gasteiger partial charge in [-0.05, 0) is 36.4 Å². The minimum atomic E-state index is -3.36. The molecule has 2 aromatic carbocycles. The molecule has 0 saturated heterocycles. The predicted molar refractivity (Wildman–Crippen MR) is 93.6 cm³/mol. The van der Waals surface area contributed by atoms with Crippen LogP contribution in [0.1, 0.15) is 10.4 Å². The highest BCUT2D eigenvalue weighted by atomic mass is 32.2. The van der Waals surface area contributed by atoms with Crippen LogP contribution in [0.5, 0.6) is 0 Å². The number of anilines is 3. The molecule has 2 rings (SSSR count). The van der Waals surface area contributed by atoms with Gasteiger partial charge in [0.1, 0.15) is 0 Å². The summed E-state index contributed by atoms with van der Waals surface area (Å²) in [5, 5.41) is 2.76. The van der Waals surface area contributed by atoms with Crippen molar-refractivity contribution < 1.29 is 13.2 Å². The van der Waals surface area contributed by atoms with Gasteiger partial charge in [0.05, 0.1) is 11.9 Å². The molecule has 0 atom stereocenters. The van der Waals surface area contributed by atoms with E-state index in [1.807, 2.05) is 31.1 Å². The van der Waals surface area contributed by atoms with Gasteiger partial charge in [-0.3, -0.25) is 9.52 Å². The van der Waals surface area contributed by atoms with Gasteiger partial charge in [-0.25, -0.2) is 8.42 Å². The van der Waals surface area contributed by atoms with Crippen LogP contribution in [0.25, 0.3) is 0 Å². The van der Waals surface area contributed by atoms with Gasteiger partial charge >= 0.3 is 0 Å². The molecule has 0 aromatic heterocycles. The van der Waals surface area contributed by atoms with E-state index in [2.05, 4.69) is 10.0 Å². The molecule has 0 aliphatic carbocycles. The highest BCUT2D eigenvalue weighted by molar-refractivity contribution is 7.92. The van der Waals surface area contributed by atoms with Crippen LogP contribution in [0, 0.1) is 0 Å². The van der Waals surface area contributed by atoms with E-state index >= 15 is 0 Å². The second-order valence-electron chi connectivity index (χ2n) is 5.35. The normalized spacial score (nSPS) is 10.9. The first-order chi connectivity index (χ1) is 10.7. The Balaban J connectivity index is 2.17. The summed E-state index contributed by atoms with van der Waals surface area (Å²) in [7, 11) is 0.442. The van der Waals surface area contributed by atoms with Crippen LogP contribution in [-0.4, -0.2) is 34.7 Å². The van der Waals surface area contributed by atoms with Gasteiger partial charge in [-0.2, -0.15) is 0 Å². The average Bonchev–Trinajstić information content (AvgIpc) is 2.46. The van der Waals surface area contributed by atoms with E-state index in [1.54, 1.807) is 36.4 Å². The molecule has 0 saturated carbocycles. The van der Waals surface area contributed by atoms with Crippen molar-refractivity contribution in [2.45, 2.75) is 0 Å². The summed E-state index contributed by atoms with van der Waals surface area (Å²) >= 11 is 0. The standard InChI is InChI=1S/C16H19N3O3S/c1-19(2)15-9-4-6-12(10-15)16(20)17-13-7-5-8-14(11-13)18-23(3,21)22/h4-11,18H,1-3H3,(H,17,20). The fourth-order valence-electron chi connectivity index (χ4n) is 2.00. The molecular weight excluding hydrogens is 314 g/mol. The van der Waals surface area contributed by atoms with E-state index in [0.717, 1.165) is 11.9 Å². The Kier molecular flexibility index (Phi) is 4.90. The minimum Gasteiger partial charge on any atom is -0.378 e. The fourth-order valence-corrected chi connectivity index (χ4v) is 2.56. The first-order valence-electron chi connectivity index (χ1n) is 6.91. The van der Waals surface area contributed by atoms with Gasteiger partial charge in [0, 0.05) is 31.0 Å². The summed E-state index contributed by atoms with van der Waals surface area (Å²) in [5.41, 5.74) is 2.36. The number of carbonyl (C=O) groups excluding carboxylic acids is 1. The van der Waals surface area contributed by atoms with Crippen LogP contribution in [0.3, 0.4) is 0 Å². The number of nitrogens with one attached hydrogen (secondary N) is 2. The molecule has 0 fully saturated rings. The highest BCUT2D eigenvalue weighted by Gasteiger charge is 2.09. The monoisotopic (exact) mass is 333 g/mol. The van der Waals surface area contributed by atoms with Crippen LogP contribution in [-0.2, 0) is 10.0 Å². The Labute approximate surface area is 136 Å². The molecule has 6 nitrogen and oxygen atoms in total. The predicted octanol–water partition coefficient (Wildman–Crippen LogP) is 2.38. The topological polar surface area (TPSA) is 78.5 Å². The van der Waals surface area contributed by atoms with Crippen molar-refractivity contribution in [1.82, 2.24) is 0 Å². The largest absolute Gasteiger partial charge is 0.378 e. The van der Waals surface area contributed by atoms with Crippen molar-refractivity contribution in [3.8, 4) is 0 Å². The summed E-state index contributed by atoms with van der Waals surface area (Å²) in [4.78, 5) is 14.2. The van der Waals surface area contributed by atoms with Crippen molar-refractivity contribution in [2.24, 2.45) is 0 Å². The Morgan fingerprint density at radius 2 is 1.65 bits per heavy atom. The quantitative estimate of drug-likeness (QED) is 0.880. The number of hydrogen-bond acceptors (Lipinski definition) is 4. The Morgan fingerprint density at radius 1 is 1.00 bits per heavy atom. The lowest BCUT2D eigenvalue weighted by molar-refractivity contribution is 0.102. The summed E-state index contributed by atoms with van der Waals surface area (Å²) in [5.74, 6) is -0.259. The van der Waals surface area contributed by atoms with Crippen LogP contribution < -0.4 is 14.9 Å². The van der Waals surface area contributed by atoms with Gasteiger partial charge < -0.3 is 10.2 Å². The lowest BCUT2D eigenvalue weighted by atomic mass is 10.1. The Morgan fingerprint density at radius 3 is 2.30 bits per heavy atom. The van der Waals surface area contributed by atoms with Crippen molar-refractivity contribution in [3.63, 3.8) is 0 Å². The molecule has 0 bridgehead atoms. The number of benzene rings is 2. The lowest BCUT2D eigenvalue weighted by Crippen LogP contribution is -2.14. The number of nitrogens with zero attached hydrogens (tertiary/aromatic N) is 1. The highest BCUT2D eigenvalue weighted by Crippen LogP contribution is 2.18. The minimum absolute atomic E-state index is 0.259. The molecule has 1 amide bonds. The number of rotatable bonds is 5. The van der Waals surface area contributed by atoms with Gasteiger partial charge in [0.25, 0.3) is 5.91 Å². The van der Waals surface area contributed by atoms with Gasteiger partial charge in [-0.1, -0.05) is 12.1 Å². The van der Waals surface area contributed by atoms with Crippen LogP contribution in [0.2, 0.25) is 0 Å². The average molecular weight is 333 g/mol. The van der Waals surface area contributed by atoms with Gasteiger partial charge in [0.15, 0.2) is 0 Å². The van der Waals surface area contributed by atoms with Gasteiger partial charge in [-0.15, -0.1) is 0 Å². The second-order valence-corrected chi connectivity index (χ2v) is 7.10. The summed E-state index contributed by atoms with van der Waals surface area (Å²) in [6.07, 6.45) is 1.07. The maximum absolute atomic E-state index is 12.3. The van der Waals surface area contributed by atoms with Crippen molar-refractivity contribution in [2.75, 3.05) is 35.3 Å². The summed E-state index contributed by atoms with van der Waals surface area (Å²) in [6, 6.07) is 13.8. The number of amides is 1. The third-order valence-corrected chi connectivity index (χ3v) is 3.65. The van der Waals surface area contributed by atoms with Gasteiger partial charge in [0.2, 0.25) is 10.0 Å². The molecule has 122 valence electrons. The van der Waals surface area contributed by atoms with E-state index in [4.69, 9.17) is 0 Å². The van der Waals surface area contributed by atoms with E-state index in [-0.39, 0.29) is 5.91 Å². The van der Waals surface area contributed by atoms with E-state index < -0.39 is 10.0 Å². The smallest absolute Gasteiger partial charge is 0.255 e. The lowest BCUT2D eigenvalue weighted by Gasteiger charge is -2.13. The molecular formula is C16H19N3O3S. The summed E-state index contributed by atoms with van der Waals surface area (Å²) < 4.78 is 24.9.